The number of anilines is 1. The lowest BCUT2D eigenvalue weighted by atomic mass is 10.1. The predicted molar refractivity (Wildman–Crippen MR) is 61.0 cm³/mol. The Morgan fingerprint density at radius 3 is 2.50 bits per heavy atom. The lowest BCUT2D eigenvalue weighted by Gasteiger charge is -2.17. The van der Waals surface area contributed by atoms with Crippen LogP contribution in [-0.4, -0.2) is 17.1 Å². The van der Waals surface area contributed by atoms with Crippen LogP contribution in [0, 0.1) is 24.4 Å². The molecule has 100 valence electrons. The molecule has 0 aliphatic heterocycles. The van der Waals surface area contributed by atoms with E-state index in [1.54, 1.807) is 6.92 Å². The first-order chi connectivity index (χ1) is 8.36. The van der Waals surface area contributed by atoms with E-state index in [0.29, 0.717) is 6.42 Å². The molecule has 1 rings (SSSR count). The highest BCUT2D eigenvalue weighted by molar-refractivity contribution is 5.68. The second-order valence-corrected chi connectivity index (χ2v) is 4.01. The maximum absolute atomic E-state index is 13.5. The van der Waals surface area contributed by atoms with Crippen molar-refractivity contribution < 1.29 is 23.1 Å². The highest BCUT2D eigenvalue weighted by atomic mass is 19.2. The Balaban J connectivity index is 3.00. The van der Waals surface area contributed by atoms with Crippen molar-refractivity contribution in [3.63, 3.8) is 0 Å². The lowest BCUT2D eigenvalue weighted by Crippen LogP contribution is -2.23. The smallest absolute Gasteiger partial charge is 0.305 e. The molecule has 0 saturated heterocycles. The first-order valence-corrected chi connectivity index (χ1v) is 5.49. The number of rotatable bonds is 5. The van der Waals surface area contributed by atoms with Gasteiger partial charge < -0.3 is 10.4 Å². The SMILES string of the molecule is CCC(CC(=O)O)Nc1cc(F)c(C)c(F)c1F. The Kier molecular flexibility index (Phi) is 4.58. The average molecular weight is 261 g/mol. The van der Waals surface area contributed by atoms with Crippen LogP contribution in [0.1, 0.15) is 25.3 Å². The third-order valence-corrected chi connectivity index (χ3v) is 2.66. The summed E-state index contributed by atoms with van der Waals surface area (Å²) in [6.45, 7) is 2.82. The minimum atomic E-state index is -1.26. The molecular formula is C12H14F3NO2. The number of carbonyl (C=O) groups is 1. The van der Waals surface area contributed by atoms with Crippen LogP contribution >= 0.6 is 0 Å². The number of hydrogen-bond acceptors (Lipinski definition) is 2. The van der Waals surface area contributed by atoms with Crippen molar-refractivity contribution in [3.8, 4) is 0 Å². The summed E-state index contributed by atoms with van der Waals surface area (Å²) in [6.07, 6.45) is 0.135. The number of carboxylic acid groups (broad SMARTS) is 1. The van der Waals surface area contributed by atoms with Crippen molar-refractivity contribution in [2.24, 2.45) is 0 Å². The third kappa shape index (κ3) is 3.15. The molecular weight excluding hydrogens is 247 g/mol. The maximum Gasteiger partial charge on any atom is 0.305 e. The fraction of sp³-hybridized carbons (Fsp3) is 0.417. The van der Waals surface area contributed by atoms with E-state index in [2.05, 4.69) is 5.32 Å². The zero-order valence-corrected chi connectivity index (χ0v) is 10.1. The van der Waals surface area contributed by atoms with Gasteiger partial charge in [0.05, 0.1) is 12.1 Å². The van der Waals surface area contributed by atoms with E-state index >= 15 is 0 Å². The average Bonchev–Trinajstić information content (AvgIpc) is 2.31. The second kappa shape index (κ2) is 5.75. The van der Waals surface area contributed by atoms with Crippen molar-refractivity contribution in [2.45, 2.75) is 32.7 Å². The normalized spacial score (nSPS) is 12.3. The van der Waals surface area contributed by atoms with Gasteiger partial charge in [-0.3, -0.25) is 4.79 Å². The Morgan fingerprint density at radius 2 is 2.00 bits per heavy atom. The van der Waals surface area contributed by atoms with Crippen molar-refractivity contribution in [1.29, 1.82) is 0 Å². The first kappa shape index (κ1) is 14.3. The summed E-state index contributed by atoms with van der Waals surface area (Å²) in [6, 6.07) is 0.247. The van der Waals surface area contributed by atoms with Gasteiger partial charge in [-0.1, -0.05) is 6.92 Å². The number of nitrogens with one attached hydrogen (secondary N) is 1. The fourth-order valence-electron chi connectivity index (χ4n) is 1.52. The van der Waals surface area contributed by atoms with E-state index in [1.807, 2.05) is 0 Å². The summed E-state index contributed by atoms with van der Waals surface area (Å²) >= 11 is 0. The highest BCUT2D eigenvalue weighted by Gasteiger charge is 2.19. The van der Waals surface area contributed by atoms with E-state index in [-0.39, 0.29) is 12.1 Å². The van der Waals surface area contributed by atoms with Crippen molar-refractivity contribution in [1.82, 2.24) is 0 Å². The van der Waals surface area contributed by atoms with Gasteiger partial charge in [-0.05, 0) is 13.3 Å². The maximum atomic E-state index is 13.5. The molecule has 3 nitrogen and oxygen atoms in total. The van der Waals surface area contributed by atoms with Gasteiger partial charge in [0.25, 0.3) is 0 Å². The Labute approximate surface area is 103 Å². The number of halogens is 3. The zero-order chi connectivity index (χ0) is 13.9. The van der Waals surface area contributed by atoms with Crippen LogP contribution in [0.4, 0.5) is 18.9 Å². The first-order valence-electron chi connectivity index (χ1n) is 5.49. The van der Waals surface area contributed by atoms with Gasteiger partial charge in [-0.25, -0.2) is 13.2 Å². The van der Waals surface area contributed by atoms with Crippen LogP contribution in [0.3, 0.4) is 0 Å². The summed E-state index contributed by atoms with van der Waals surface area (Å²) in [4.78, 5) is 10.5. The summed E-state index contributed by atoms with van der Waals surface area (Å²) in [5.74, 6) is -4.40. The number of hydrogen-bond donors (Lipinski definition) is 2. The van der Waals surface area contributed by atoms with E-state index in [1.165, 1.54) is 0 Å². The van der Waals surface area contributed by atoms with Gasteiger partial charge in [-0.15, -0.1) is 0 Å². The molecule has 1 atom stereocenters. The van der Waals surface area contributed by atoms with Gasteiger partial charge in [0.2, 0.25) is 0 Å². The molecule has 18 heavy (non-hydrogen) atoms. The van der Waals surface area contributed by atoms with Gasteiger partial charge in [0.1, 0.15) is 5.82 Å². The molecule has 0 aliphatic rings. The second-order valence-electron chi connectivity index (χ2n) is 4.01. The molecule has 0 heterocycles. The standard InChI is InChI=1S/C12H14F3NO2/c1-3-7(4-10(17)18)16-9-5-8(13)6(2)11(14)12(9)15/h5,7,16H,3-4H2,1-2H3,(H,17,18). The Hall–Kier alpha value is -1.72. The molecule has 0 aliphatic carbocycles. The Morgan fingerprint density at radius 1 is 1.39 bits per heavy atom. The van der Waals surface area contributed by atoms with Crippen LogP contribution < -0.4 is 5.32 Å². The molecule has 0 radical (unpaired) electrons. The summed E-state index contributed by atoms with van der Waals surface area (Å²) in [7, 11) is 0. The number of aliphatic carboxylic acids is 1. The van der Waals surface area contributed by atoms with E-state index < -0.39 is 35.0 Å². The fourth-order valence-corrected chi connectivity index (χ4v) is 1.52. The van der Waals surface area contributed by atoms with Gasteiger partial charge in [0, 0.05) is 17.7 Å². The molecule has 1 aromatic rings. The van der Waals surface area contributed by atoms with Crippen LogP contribution in [0.25, 0.3) is 0 Å². The summed E-state index contributed by atoms with van der Waals surface area (Å²) in [5, 5.41) is 11.1. The molecule has 2 N–H and O–H groups in total. The molecule has 0 aromatic heterocycles. The van der Waals surface area contributed by atoms with Gasteiger partial charge >= 0.3 is 5.97 Å². The van der Waals surface area contributed by atoms with E-state index in [0.717, 1.165) is 13.0 Å². The molecule has 6 heteroatoms. The molecule has 0 bridgehead atoms. The molecule has 0 fully saturated rings. The zero-order valence-electron chi connectivity index (χ0n) is 10.1. The minimum Gasteiger partial charge on any atom is -0.481 e. The van der Waals surface area contributed by atoms with Crippen LogP contribution in [0.5, 0.6) is 0 Å². The van der Waals surface area contributed by atoms with Crippen LogP contribution in [-0.2, 0) is 4.79 Å². The lowest BCUT2D eigenvalue weighted by molar-refractivity contribution is -0.137. The molecule has 0 amide bonds. The Bertz CT molecular complexity index is 463. The largest absolute Gasteiger partial charge is 0.481 e. The van der Waals surface area contributed by atoms with Crippen molar-refractivity contribution in [2.75, 3.05) is 5.32 Å². The molecule has 0 saturated carbocycles. The summed E-state index contributed by atoms with van der Waals surface area (Å²) < 4.78 is 40.1. The van der Waals surface area contributed by atoms with Gasteiger partial charge in [-0.2, -0.15) is 0 Å². The molecule has 1 unspecified atom stereocenters. The van der Waals surface area contributed by atoms with Crippen molar-refractivity contribution >= 4 is 11.7 Å². The minimum absolute atomic E-state index is 0.257. The van der Waals surface area contributed by atoms with E-state index in [9.17, 15) is 18.0 Å². The third-order valence-electron chi connectivity index (χ3n) is 2.66. The van der Waals surface area contributed by atoms with Crippen molar-refractivity contribution in [3.05, 3.63) is 29.1 Å². The van der Waals surface area contributed by atoms with Crippen LogP contribution in [0.15, 0.2) is 6.07 Å². The quantitative estimate of drug-likeness (QED) is 0.801. The highest BCUT2D eigenvalue weighted by Crippen LogP contribution is 2.24. The summed E-state index contributed by atoms with van der Waals surface area (Å²) in [5.41, 5.74) is -0.756. The number of benzene rings is 1. The molecule has 1 aromatic carbocycles. The number of carboxylic acids is 1. The molecule has 0 spiro atoms. The predicted octanol–water partition coefficient (Wildman–Crippen LogP) is 3.08. The van der Waals surface area contributed by atoms with Gasteiger partial charge in [0.15, 0.2) is 11.6 Å². The monoisotopic (exact) mass is 261 g/mol. The van der Waals surface area contributed by atoms with E-state index in [4.69, 9.17) is 5.11 Å². The van der Waals surface area contributed by atoms with Crippen LogP contribution in [0.2, 0.25) is 0 Å². The topological polar surface area (TPSA) is 49.3 Å².